The van der Waals surface area contributed by atoms with Crippen molar-refractivity contribution in [3.8, 4) is 0 Å². The van der Waals surface area contributed by atoms with E-state index in [-0.39, 0.29) is 42.8 Å². The Kier molecular flexibility index (Phi) is 6.27. The van der Waals surface area contributed by atoms with Crippen molar-refractivity contribution in [1.82, 2.24) is 25.2 Å². The first-order valence-electron chi connectivity index (χ1n) is 10.5. The molecular weight excluding hydrogens is 432 g/mol. The number of nitrogens with zero attached hydrogens (tertiary/aromatic N) is 4. The number of fused-ring (bicyclic) bond motifs is 1. The van der Waals surface area contributed by atoms with E-state index in [1.165, 1.54) is 22.9 Å². The summed E-state index contributed by atoms with van der Waals surface area (Å²) in [6.07, 6.45) is 3.72. The Bertz CT molecular complexity index is 1140. The van der Waals surface area contributed by atoms with Gasteiger partial charge in [0.1, 0.15) is 12.6 Å². The molecule has 2 aliphatic heterocycles. The van der Waals surface area contributed by atoms with Crippen LogP contribution >= 0.6 is 0 Å². The number of benzene rings is 1. The van der Waals surface area contributed by atoms with Gasteiger partial charge in [0.05, 0.1) is 22.5 Å². The van der Waals surface area contributed by atoms with Crippen LogP contribution in [0.4, 0.5) is 5.69 Å². The molecule has 12 nitrogen and oxygen atoms in total. The van der Waals surface area contributed by atoms with Gasteiger partial charge in [-0.05, 0) is 37.8 Å². The number of carbonyl (C=O) groups excluding carboxylic acids is 5. The number of imide groups is 2. The van der Waals surface area contributed by atoms with Crippen LogP contribution in [-0.4, -0.2) is 67.2 Å². The van der Waals surface area contributed by atoms with E-state index in [9.17, 15) is 24.0 Å². The highest BCUT2D eigenvalue weighted by molar-refractivity contribution is 6.26. The van der Waals surface area contributed by atoms with E-state index >= 15 is 0 Å². The van der Waals surface area contributed by atoms with E-state index in [4.69, 9.17) is 5.11 Å². The van der Waals surface area contributed by atoms with Crippen LogP contribution in [0.2, 0.25) is 0 Å². The van der Waals surface area contributed by atoms with Crippen molar-refractivity contribution in [3.63, 3.8) is 0 Å². The summed E-state index contributed by atoms with van der Waals surface area (Å²) in [5, 5.41) is 21.5. The van der Waals surface area contributed by atoms with Gasteiger partial charge < -0.3 is 10.4 Å². The Morgan fingerprint density at radius 3 is 2.76 bits per heavy atom. The van der Waals surface area contributed by atoms with Crippen LogP contribution in [0.15, 0.2) is 24.4 Å². The molecule has 1 aromatic heterocycles. The second kappa shape index (κ2) is 9.28. The number of piperidine rings is 1. The number of unbranched alkanes of at least 4 members (excludes halogenated alkanes) is 1. The van der Waals surface area contributed by atoms with Crippen molar-refractivity contribution in [2.45, 2.75) is 44.7 Å². The smallest absolute Gasteiger partial charge is 0.264 e. The number of hydrogen-bond donors (Lipinski definition) is 3. The third kappa shape index (κ3) is 4.51. The molecule has 1 fully saturated rings. The summed E-state index contributed by atoms with van der Waals surface area (Å²) < 4.78 is 1.36. The first-order chi connectivity index (χ1) is 15.9. The Hall–Kier alpha value is -3.93. The predicted molar refractivity (Wildman–Crippen MR) is 112 cm³/mol. The van der Waals surface area contributed by atoms with Crippen LogP contribution in [0.25, 0.3) is 0 Å². The molecule has 0 spiro atoms. The molecule has 1 aromatic carbocycles. The number of aliphatic hydroxyl groups is 1. The summed E-state index contributed by atoms with van der Waals surface area (Å²) >= 11 is 0. The number of aromatic nitrogens is 3. The van der Waals surface area contributed by atoms with Crippen molar-refractivity contribution in [3.05, 3.63) is 41.2 Å². The van der Waals surface area contributed by atoms with Crippen LogP contribution in [0, 0.1) is 0 Å². The van der Waals surface area contributed by atoms with Crippen LogP contribution < -0.4 is 10.6 Å². The third-order valence-corrected chi connectivity index (χ3v) is 5.47. The molecule has 12 heteroatoms. The van der Waals surface area contributed by atoms with Crippen molar-refractivity contribution < 1.29 is 29.1 Å². The number of carbonyl (C=O) groups is 5. The Balaban J connectivity index is 1.47. The van der Waals surface area contributed by atoms with Crippen LogP contribution in [0.5, 0.6) is 0 Å². The van der Waals surface area contributed by atoms with Gasteiger partial charge in [-0.3, -0.25) is 34.2 Å². The van der Waals surface area contributed by atoms with Gasteiger partial charge >= 0.3 is 0 Å². The lowest BCUT2D eigenvalue weighted by Gasteiger charge is -2.27. The van der Waals surface area contributed by atoms with E-state index in [0.29, 0.717) is 18.5 Å². The molecule has 0 radical (unpaired) electrons. The summed E-state index contributed by atoms with van der Waals surface area (Å²) in [4.78, 5) is 63.0. The average Bonchev–Trinajstić information content (AvgIpc) is 3.31. The zero-order valence-corrected chi connectivity index (χ0v) is 17.6. The highest BCUT2D eigenvalue weighted by Crippen LogP contribution is 2.32. The lowest BCUT2D eigenvalue weighted by molar-refractivity contribution is -0.136. The molecule has 1 atom stereocenters. The number of anilines is 1. The first-order valence-corrected chi connectivity index (χ1v) is 10.5. The summed E-state index contributed by atoms with van der Waals surface area (Å²) in [6, 6.07) is 3.39. The van der Waals surface area contributed by atoms with Crippen LogP contribution in [0.1, 0.15) is 52.1 Å². The van der Waals surface area contributed by atoms with Crippen molar-refractivity contribution in [1.29, 1.82) is 0 Å². The van der Waals surface area contributed by atoms with Crippen molar-refractivity contribution >= 4 is 35.2 Å². The second-order valence-electron chi connectivity index (χ2n) is 7.81. The Morgan fingerprint density at radius 1 is 1.18 bits per heavy atom. The van der Waals surface area contributed by atoms with Gasteiger partial charge in [0.2, 0.25) is 17.7 Å². The van der Waals surface area contributed by atoms with E-state index in [1.807, 2.05) is 0 Å². The topological polar surface area (TPSA) is 164 Å². The van der Waals surface area contributed by atoms with Gasteiger partial charge in [0.25, 0.3) is 11.8 Å². The minimum absolute atomic E-state index is 0.00355. The maximum atomic E-state index is 13.1. The Morgan fingerprint density at radius 2 is 2.00 bits per heavy atom. The van der Waals surface area contributed by atoms with Crippen molar-refractivity contribution in [2.24, 2.45) is 0 Å². The number of aryl methyl sites for hydroxylation is 1. The SMILES string of the molecule is O=C1CCC(N2C(=O)c3cccc(NC(=O)Cn4cc(CCCCO)nn4)c3C2=O)C(=O)N1. The zero-order valence-electron chi connectivity index (χ0n) is 17.6. The number of nitrogens with one attached hydrogen (secondary N) is 2. The summed E-state index contributed by atoms with van der Waals surface area (Å²) in [5.41, 5.74) is 0.921. The maximum absolute atomic E-state index is 13.1. The lowest BCUT2D eigenvalue weighted by Crippen LogP contribution is -2.54. The summed E-state index contributed by atoms with van der Waals surface area (Å²) in [5.74, 6) is -2.98. The number of amides is 5. The molecule has 0 aliphatic carbocycles. The molecule has 3 heterocycles. The zero-order chi connectivity index (χ0) is 23.5. The second-order valence-corrected chi connectivity index (χ2v) is 7.81. The average molecular weight is 454 g/mol. The molecule has 1 saturated heterocycles. The van der Waals surface area contributed by atoms with Crippen molar-refractivity contribution in [2.75, 3.05) is 11.9 Å². The molecule has 172 valence electrons. The van der Waals surface area contributed by atoms with E-state index in [2.05, 4.69) is 20.9 Å². The van der Waals surface area contributed by atoms with Crippen LogP contribution in [-0.2, 0) is 27.3 Å². The molecule has 2 aromatic rings. The van der Waals surface area contributed by atoms with Gasteiger partial charge in [-0.2, -0.15) is 0 Å². The molecule has 2 aliphatic rings. The Labute approximate surface area is 187 Å². The molecule has 33 heavy (non-hydrogen) atoms. The van der Waals surface area contributed by atoms with Crippen LogP contribution in [0.3, 0.4) is 0 Å². The minimum atomic E-state index is -1.09. The van der Waals surface area contributed by atoms with Gasteiger partial charge in [-0.25, -0.2) is 4.68 Å². The molecule has 0 bridgehead atoms. The quantitative estimate of drug-likeness (QED) is 0.359. The molecule has 5 amide bonds. The summed E-state index contributed by atoms with van der Waals surface area (Å²) in [6.45, 7) is -0.0597. The monoisotopic (exact) mass is 454 g/mol. The minimum Gasteiger partial charge on any atom is -0.396 e. The fourth-order valence-corrected chi connectivity index (χ4v) is 3.90. The highest BCUT2D eigenvalue weighted by atomic mass is 16.3. The number of rotatable bonds is 8. The highest BCUT2D eigenvalue weighted by Gasteiger charge is 2.45. The van der Waals surface area contributed by atoms with Gasteiger partial charge in [-0.15, -0.1) is 5.10 Å². The fraction of sp³-hybridized carbons (Fsp3) is 0.381. The van der Waals surface area contributed by atoms with E-state index in [1.54, 1.807) is 6.20 Å². The third-order valence-electron chi connectivity index (χ3n) is 5.47. The summed E-state index contributed by atoms with van der Waals surface area (Å²) in [7, 11) is 0. The normalized spacial score (nSPS) is 17.8. The molecular formula is C21H22N6O6. The van der Waals surface area contributed by atoms with Gasteiger partial charge in [-0.1, -0.05) is 11.3 Å². The lowest BCUT2D eigenvalue weighted by atomic mass is 10.0. The van der Waals surface area contributed by atoms with Gasteiger partial charge in [0, 0.05) is 19.2 Å². The molecule has 1 unspecified atom stereocenters. The fourth-order valence-electron chi connectivity index (χ4n) is 3.90. The van der Waals surface area contributed by atoms with E-state index < -0.39 is 35.6 Å². The molecule has 4 rings (SSSR count). The number of hydrogen-bond acceptors (Lipinski definition) is 8. The standard InChI is InChI=1S/C21H22N6O6/c28-9-2-1-4-12-10-26(25-24-12)11-17(30)22-14-6-3-5-13-18(14)21(33)27(20(13)32)15-7-8-16(29)23-19(15)31/h3,5-6,10,15,28H,1-2,4,7-9,11H2,(H,22,30)(H,23,29,31). The predicted octanol–water partition coefficient (Wildman–Crippen LogP) is -0.367. The maximum Gasteiger partial charge on any atom is 0.264 e. The molecule has 3 N–H and O–H groups in total. The number of aliphatic hydroxyl groups excluding tert-OH is 1. The van der Waals surface area contributed by atoms with E-state index in [0.717, 1.165) is 11.3 Å². The first kappa shape index (κ1) is 22.3. The molecule has 0 saturated carbocycles. The largest absolute Gasteiger partial charge is 0.396 e. The van der Waals surface area contributed by atoms with Gasteiger partial charge in [0.15, 0.2) is 0 Å².